The van der Waals surface area contributed by atoms with Gasteiger partial charge in [-0.1, -0.05) is 43.3 Å². The van der Waals surface area contributed by atoms with Gasteiger partial charge in [0.1, 0.15) is 6.29 Å². The van der Waals surface area contributed by atoms with Crippen molar-refractivity contribution in [3.05, 3.63) is 60.7 Å². The molecule has 0 aliphatic rings. The second kappa shape index (κ2) is 13.4. The van der Waals surface area contributed by atoms with Gasteiger partial charge >= 0.3 is 7.60 Å². The zero-order chi connectivity index (χ0) is 26.1. The molecule has 0 saturated carbocycles. The van der Waals surface area contributed by atoms with Crippen molar-refractivity contribution in [1.82, 2.24) is 14.7 Å². The highest BCUT2D eigenvalue weighted by Crippen LogP contribution is 2.41. The van der Waals surface area contributed by atoms with E-state index < -0.39 is 28.6 Å². The molecule has 0 radical (unpaired) electrons. The molecule has 0 saturated heterocycles. The maximum atomic E-state index is 13.1. The third-order valence-electron chi connectivity index (χ3n) is 5.51. The van der Waals surface area contributed by atoms with Gasteiger partial charge in [0, 0.05) is 36.8 Å². The van der Waals surface area contributed by atoms with E-state index >= 15 is 0 Å². The standard InChI is InChI=1S/C22H36N3O7P3/c1-3-24(19-33(26,27)21-10-6-4-7-11-21)16-17-25(15-14-23(2)18-35(30,31)32)20-34(28,29)22-12-8-5-9-13-22/h4-13H,3,14-20H2,1-2H3,(H,26,27)(H,28,29)(H2,30,31,32). The molecule has 0 bridgehead atoms. The fraction of sp³-hybridized carbons (Fsp3) is 0.455. The van der Waals surface area contributed by atoms with E-state index in [2.05, 4.69) is 0 Å². The fourth-order valence-corrected chi connectivity index (χ4v) is 7.67. The second-order valence-corrected chi connectivity index (χ2v) is 14.6. The van der Waals surface area contributed by atoms with E-state index in [1.165, 1.54) is 4.90 Å². The molecule has 0 aromatic heterocycles. The van der Waals surface area contributed by atoms with E-state index in [-0.39, 0.29) is 19.1 Å². The molecule has 10 nitrogen and oxygen atoms in total. The zero-order valence-corrected chi connectivity index (χ0v) is 22.8. The maximum Gasteiger partial charge on any atom is 0.339 e. The average molecular weight is 547 g/mol. The predicted octanol–water partition coefficient (Wildman–Crippen LogP) is 1.78. The molecule has 35 heavy (non-hydrogen) atoms. The van der Waals surface area contributed by atoms with Gasteiger partial charge in [0.2, 0.25) is 14.7 Å². The molecule has 196 valence electrons. The molecule has 0 amide bonds. The van der Waals surface area contributed by atoms with Crippen LogP contribution >= 0.6 is 22.3 Å². The van der Waals surface area contributed by atoms with Crippen LogP contribution < -0.4 is 10.6 Å². The van der Waals surface area contributed by atoms with Crippen LogP contribution in [0.2, 0.25) is 0 Å². The van der Waals surface area contributed by atoms with Crippen molar-refractivity contribution in [2.24, 2.45) is 0 Å². The van der Waals surface area contributed by atoms with Crippen LogP contribution in [0.3, 0.4) is 0 Å². The molecular weight excluding hydrogens is 511 g/mol. The monoisotopic (exact) mass is 547 g/mol. The van der Waals surface area contributed by atoms with Crippen LogP contribution in [0.15, 0.2) is 60.7 Å². The molecule has 2 aromatic rings. The number of nitrogens with zero attached hydrogens (tertiary/aromatic N) is 3. The van der Waals surface area contributed by atoms with E-state index in [9.17, 15) is 33.3 Å². The molecule has 0 heterocycles. The molecule has 13 heteroatoms. The Morgan fingerprint density at radius 3 is 1.46 bits per heavy atom. The Kier molecular flexibility index (Phi) is 11.5. The van der Waals surface area contributed by atoms with Crippen LogP contribution in [0, 0.1) is 0 Å². The molecular formula is C22H36N3O7P3. The first kappa shape index (κ1) is 30.1. The zero-order valence-electron chi connectivity index (χ0n) is 20.1. The summed E-state index contributed by atoms with van der Waals surface area (Å²) in [5.41, 5.74) is 0. The Balaban J connectivity index is 2.10. The molecule has 4 N–H and O–H groups in total. The van der Waals surface area contributed by atoms with E-state index in [0.29, 0.717) is 36.8 Å². The van der Waals surface area contributed by atoms with E-state index in [1.54, 1.807) is 72.6 Å². The van der Waals surface area contributed by atoms with Gasteiger partial charge < -0.3 is 19.6 Å². The van der Waals surface area contributed by atoms with Crippen molar-refractivity contribution in [2.75, 3.05) is 58.6 Å². The second-order valence-electron chi connectivity index (χ2n) is 8.57. The Labute approximate surface area is 207 Å². The normalized spacial score (nSPS) is 15.9. The molecule has 2 unspecified atom stereocenters. The molecule has 2 atom stereocenters. The van der Waals surface area contributed by atoms with Gasteiger partial charge in [0.15, 0.2) is 0 Å². The summed E-state index contributed by atoms with van der Waals surface area (Å²) in [5, 5.41) is 0.697. The minimum Gasteiger partial charge on any atom is -0.340 e. The molecule has 0 fully saturated rings. The predicted molar refractivity (Wildman–Crippen MR) is 140 cm³/mol. The van der Waals surface area contributed by atoms with E-state index in [1.807, 2.05) is 11.8 Å². The van der Waals surface area contributed by atoms with Gasteiger partial charge in [-0.05, 0) is 37.9 Å². The third kappa shape index (κ3) is 10.8. The maximum absolute atomic E-state index is 13.1. The van der Waals surface area contributed by atoms with Crippen molar-refractivity contribution in [1.29, 1.82) is 0 Å². The lowest BCUT2D eigenvalue weighted by Gasteiger charge is -2.30. The minimum absolute atomic E-state index is 0.0467. The molecule has 0 spiro atoms. The number of hydrogen-bond donors (Lipinski definition) is 4. The summed E-state index contributed by atoms with van der Waals surface area (Å²) in [6.45, 7) is 3.67. The summed E-state index contributed by atoms with van der Waals surface area (Å²) in [6, 6.07) is 16.8. The molecule has 2 aromatic carbocycles. The van der Waals surface area contributed by atoms with Gasteiger partial charge in [-0.3, -0.25) is 28.4 Å². The van der Waals surface area contributed by atoms with Crippen molar-refractivity contribution in [3.63, 3.8) is 0 Å². The van der Waals surface area contributed by atoms with Crippen LogP contribution in [0.4, 0.5) is 0 Å². The van der Waals surface area contributed by atoms with Crippen LogP contribution in [-0.2, 0) is 13.7 Å². The van der Waals surface area contributed by atoms with Gasteiger partial charge in [0.05, 0.1) is 12.6 Å². The first-order valence-electron chi connectivity index (χ1n) is 11.2. The molecule has 0 aliphatic carbocycles. The minimum atomic E-state index is -4.22. The largest absolute Gasteiger partial charge is 0.340 e. The van der Waals surface area contributed by atoms with E-state index in [0.717, 1.165) is 0 Å². The Morgan fingerprint density at radius 2 is 1.03 bits per heavy atom. The van der Waals surface area contributed by atoms with Crippen molar-refractivity contribution in [3.8, 4) is 0 Å². The Morgan fingerprint density at radius 1 is 0.629 bits per heavy atom. The van der Waals surface area contributed by atoms with Crippen molar-refractivity contribution >= 4 is 32.9 Å². The van der Waals surface area contributed by atoms with Gasteiger partial charge in [-0.15, -0.1) is 0 Å². The lowest BCUT2D eigenvalue weighted by molar-refractivity contribution is 0.215. The highest BCUT2D eigenvalue weighted by molar-refractivity contribution is 7.66. The number of benzene rings is 2. The lowest BCUT2D eigenvalue weighted by atomic mass is 10.4. The Bertz CT molecular complexity index is 1050. The summed E-state index contributed by atoms with van der Waals surface area (Å²) in [4.78, 5) is 44.8. The third-order valence-corrected chi connectivity index (χ3v) is 10.1. The first-order chi connectivity index (χ1) is 16.3. The summed E-state index contributed by atoms with van der Waals surface area (Å²) in [5.74, 6) is 0. The van der Waals surface area contributed by atoms with Crippen LogP contribution in [0.25, 0.3) is 0 Å². The highest BCUT2D eigenvalue weighted by Gasteiger charge is 2.28. The number of likely N-dealkylation sites (N-methyl/N-ethyl adjacent to an activating group) is 2. The van der Waals surface area contributed by atoms with Crippen molar-refractivity contribution in [2.45, 2.75) is 6.92 Å². The first-order valence-corrected chi connectivity index (χ1v) is 16.7. The SMILES string of the molecule is CCN(CCN(CCN(C)CP(=O)(O)O)CP(=O)(O)c1ccccc1)CP(=O)(O)c1ccccc1. The van der Waals surface area contributed by atoms with E-state index in [4.69, 9.17) is 0 Å². The fourth-order valence-electron chi connectivity index (χ4n) is 3.59. The van der Waals surface area contributed by atoms with Gasteiger partial charge in [-0.25, -0.2) is 0 Å². The topological polar surface area (TPSA) is 142 Å². The lowest BCUT2D eigenvalue weighted by Crippen LogP contribution is -2.40. The summed E-state index contributed by atoms with van der Waals surface area (Å²) < 4.78 is 37.3. The van der Waals surface area contributed by atoms with Gasteiger partial charge in [0.25, 0.3) is 0 Å². The summed E-state index contributed by atoms with van der Waals surface area (Å²) in [6.07, 6.45) is -0.606. The average Bonchev–Trinajstić information content (AvgIpc) is 2.79. The number of rotatable bonds is 15. The quantitative estimate of drug-likeness (QED) is 0.244. The van der Waals surface area contributed by atoms with Crippen LogP contribution in [0.5, 0.6) is 0 Å². The van der Waals surface area contributed by atoms with Crippen molar-refractivity contribution < 1.29 is 33.3 Å². The van der Waals surface area contributed by atoms with Gasteiger partial charge in [-0.2, -0.15) is 0 Å². The smallest absolute Gasteiger partial charge is 0.339 e. The molecule has 2 rings (SSSR count). The number of hydrogen-bond acceptors (Lipinski definition) is 6. The van der Waals surface area contributed by atoms with Crippen LogP contribution in [-0.4, -0.2) is 92.9 Å². The Hall–Kier alpha value is -1.15. The summed E-state index contributed by atoms with van der Waals surface area (Å²) in [7, 11) is -9.99. The summed E-state index contributed by atoms with van der Waals surface area (Å²) >= 11 is 0. The molecule has 0 aliphatic heterocycles. The highest BCUT2D eigenvalue weighted by atomic mass is 31.2. The van der Waals surface area contributed by atoms with Crippen LogP contribution in [0.1, 0.15) is 6.92 Å².